The topological polar surface area (TPSA) is 74.2 Å². The number of nitrogens with zero attached hydrogens (tertiary/aromatic N) is 2. The average molecular weight is 487 g/mol. The summed E-state index contributed by atoms with van der Waals surface area (Å²) in [4.78, 5) is 14.4. The van der Waals surface area contributed by atoms with Crippen LogP contribution in [-0.2, 0) is 20.5 Å². The zero-order chi connectivity index (χ0) is 24.8. The smallest absolute Gasteiger partial charge is 0.410 e. The van der Waals surface area contributed by atoms with Gasteiger partial charge in [0.15, 0.2) is 8.32 Å². The maximum absolute atomic E-state index is 12.9. The molecule has 1 heterocycles. The van der Waals surface area contributed by atoms with E-state index in [0.29, 0.717) is 13.1 Å². The van der Waals surface area contributed by atoms with Gasteiger partial charge in [-0.15, -0.1) is 0 Å². The van der Waals surface area contributed by atoms with Crippen molar-refractivity contribution in [3.8, 4) is 0 Å². The number of piperidine rings is 1. The normalized spacial score (nSPS) is 24.8. The molecule has 2 atom stereocenters. The summed E-state index contributed by atoms with van der Waals surface area (Å²) in [6.45, 7) is 24.2. The van der Waals surface area contributed by atoms with Crippen LogP contribution in [0.25, 0.3) is 0 Å². The molecule has 1 saturated carbocycles. The molecule has 1 aliphatic heterocycles. The van der Waals surface area contributed by atoms with Gasteiger partial charge in [-0.25, -0.2) is 4.79 Å². The van der Waals surface area contributed by atoms with Gasteiger partial charge in [-0.1, -0.05) is 25.2 Å². The number of rotatable bonds is 3. The second kappa shape index (κ2) is 9.23. The van der Waals surface area contributed by atoms with Gasteiger partial charge >= 0.3 is 6.09 Å². The predicted molar refractivity (Wildman–Crippen MR) is 136 cm³/mol. The minimum atomic E-state index is -1.93. The molecule has 1 spiro atoms. The predicted octanol–water partition coefficient (Wildman–Crippen LogP) is 6.09. The molecule has 0 N–H and O–H groups in total. The molecule has 0 aromatic rings. The van der Waals surface area contributed by atoms with E-state index in [1.807, 2.05) is 41.5 Å². The van der Waals surface area contributed by atoms with E-state index in [2.05, 4.69) is 33.9 Å². The molecule has 0 aromatic carbocycles. The van der Waals surface area contributed by atoms with Crippen molar-refractivity contribution in [1.29, 1.82) is 0 Å². The molecular weight excluding hydrogens is 440 g/mol. The molecule has 2 rings (SSSR count). The van der Waals surface area contributed by atoms with Crippen LogP contribution >= 0.6 is 0 Å². The zero-order valence-corrected chi connectivity index (χ0v) is 24.1. The first-order valence-electron chi connectivity index (χ1n) is 11.9. The Balaban J connectivity index is 2.24. The fraction of sp³-hybridized carbons (Fsp3) is 0.917. The van der Waals surface area contributed by atoms with Gasteiger partial charge < -0.3 is 18.6 Å². The largest absolute Gasteiger partial charge is 0.591 e. The fourth-order valence-electron chi connectivity index (χ4n) is 4.04. The van der Waals surface area contributed by atoms with Crippen LogP contribution in [0.3, 0.4) is 0 Å². The van der Waals surface area contributed by atoms with Gasteiger partial charge in [-0.3, -0.25) is 0 Å². The quantitative estimate of drug-likeness (QED) is 0.357. The Morgan fingerprint density at radius 3 is 2.06 bits per heavy atom. The van der Waals surface area contributed by atoms with E-state index < -0.39 is 30.0 Å². The standard InChI is InChI=1S/C24H46N2O4SSi/c1-21(2,3)29-20(27)26-14-12-24(13-15-26)17-18(30-32(10,11)23(7,8)9)16-19(24)25-31(28)22(4,5)6/h18H,12-17H2,1-11H3/b25-19+/t18?,31-/m1/s1. The van der Waals surface area contributed by atoms with Crippen molar-refractivity contribution in [3.63, 3.8) is 0 Å². The minimum Gasteiger partial charge on any atom is -0.591 e. The number of amides is 1. The maximum Gasteiger partial charge on any atom is 0.410 e. The number of likely N-dealkylation sites (tertiary alicyclic amines) is 1. The van der Waals surface area contributed by atoms with Crippen LogP contribution in [-0.4, -0.2) is 59.1 Å². The molecule has 0 radical (unpaired) electrons. The van der Waals surface area contributed by atoms with Crippen LogP contribution in [0.15, 0.2) is 4.40 Å². The molecular formula is C24H46N2O4SSi. The van der Waals surface area contributed by atoms with E-state index in [9.17, 15) is 9.35 Å². The fourth-order valence-corrected chi connectivity index (χ4v) is 6.14. The number of carbonyl (C=O) groups is 1. The minimum absolute atomic E-state index is 0.0969. The third-order valence-electron chi connectivity index (χ3n) is 7.01. The van der Waals surface area contributed by atoms with Crippen molar-refractivity contribution in [1.82, 2.24) is 4.90 Å². The zero-order valence-electron chi connectivity index (χ0n) is 22.3. The molecule has 32 heavy (non-hydrogen) atoms. The lowest BCUT2D eigenvalue weighted by molar-refractivity contribution is 0.0143. The molecule has 0 bridgehead atoms. The highest BCUT2D eigenvalue weighted by Gasteiger charge is 2.51. The monoisotopic (exact) mass is 486 g/mol. The van der Waals surface area contributed by atoms with Gasteiger partial charge in [-0.2, -0.15) is 0 Å². The van der Waals surface area contributed by atoms with Gasteiger partial charge in [0.25, 0.3) is 0 Å². The molecule has 1 unspecified atom stereocenters. The van der Waals surface area contributed by atoms with Crippen LogP contribution in [0.5, 0.6) is 0 Å². The average Bonchev–Trinajstić information content (AvgIpc) is 2.87. The van der Waals surface area contributed by atoms with Crippen molar-refractivity contribution in [3.05, 3.63) is 0 Å². The molecule has 1 saturated heterocycles. The highest BCUT2D eigenvalue weighted by molar-refractivity contribution is 7.91. The van der Waals surface area contributed by atoms with Gasteiger partial charge in [0.05, 0.1) is 11.8 Å². The van der Waals surface area contributed by atoms with Crippen molar-refractivity contribution in [2.24, 2.45) is 9.81 Å². The first kappa shape index (κ1) is 27.7. The molecule has 1 aliphatic carbocycles. The van der Waals surface area contributed by atoms with Crippen LogP contribution in [0.4, 0.5) is 4.79 Å². The van der Waals surface area contributed by atoms with E-state index in [-0.39, 0.29) is 22.7 Å². The van der Waals surface area contributed by atoms with Gasteiger partial charge in [-0.05, 0) is 78.9 Å². The molecule has 1 amide bonds. The summed E-state index contributed by atoms with van der Waals surface area (Å²) >= 11 is -1.30. The Morgan fingerprint density at radius 1 is 1.09 bits per heavy atom. The second-order valence-electron chi connectivity index (χ2n) is 13.1. The van der Waals surface area contributed by atoms with Crippen LogP contribution in [0.1, 0.15) is 88.0 Å². The lowest BCUT2D eigenvalue weighted by atomic mass is 9.76. The third kappa shape index (κ3) is 6.73. The van der Waals surface area contributed by atoms with Crippen molar-refractivity contribution >= 4 is 31.5 Å². The van der Waals surface area contributed by atoms with Gasteiger partial charge in [0, 0.05) is 24.9 Å². The number of hydrogen-bond acceptors (Lipinski definition) is 5. The van der Waals surface area contributed by atoms with Crippen LogP contribution < -0.4 is 0 Å². The molecule has 2 fully saturated rings. The highest BCUT2D eigenvalue weighted by atomic mass is 32.2. The summed E-state index contributed by atoms with van der Waals surface area (Å²) < 4.78 is 29.7. The summed E-state index contributed by atoms with van der Waals surface area (Å²) in [5, 5.41) is 0.133. The second-order valence-corrected chi connectivity index (χ2v) is 19.7. The molecule has 8 heteroatoms. The lowest BCUT2D eigenvalue weighted by Crippen LogP contribution is -2.47. The van der Waals surface area contributed by atoms with Crippen LogP contribution in [0.2, 0.25) is 18.1 Å². The highest BCUT2D eigenvalue weighted by Crippen LogP contribution is 2.48. The van der Waals surface area contributed by atoms with Gasteiger partial charge in [0.2, 0.25) is 0 Å². The number of carbonyl (C=O) groups excluding carboxylic acids is 1. The summed E-state index contributed by atoms with van der Waals surface area (Å²) in [7, 11) is -1.93. The Labute approximate surface area is 200 Å². The summed E-state index contributed by atoms with van der Waals surface area (Å²) in [6, 6.07) is 0. The van der Waals surface area contributed by atoms with Gasteiger partial charge in [0.1, 0.15) is 21.7 Å². The molecule has 2 aliphatic rings. The first-order valence-corrected chi connectivity index (χ1v) is 15.9. The molecule has 186 valence electrons. The van der Waals surface area contributed by atoms with E-state index in [4.69, 9.17) is 13.6 Å². The van der Waals surface area contributed by atoms with E-state index in [1.54, 1.807) is 4.90 Å². The third-order valence-corrected chi connectivity index (χ3v) is 13.0. The van der Waals surface area contributed by atoms with Crippen LogP contribution in [0, 0.1) is 5.41 Å². The maximum atomic E-state index is 12.9. The Bertz CT molecular complexity index is 711. The van der Waals surface area contributed by atoms with E-state index >= 15 is 0 Å². The summed E-state index contributed by atoms with van der Waals surface area (Å²) in [5.74, 6) is 0. The van der Waals surface area contributed by atoms with E-state index in [1.165, 1.54) is 0 Å². The first-order chi connectivity index (χ1) is 14.3. The summed E-state index contributed by atoms with van der Waals surface area (Å²) in [6.07, 6.45) is 3.09. The number of hydrogen-bond donors (Lipinski definition) is 0. The molecule has 6 nitrogen and oxygen atoms in total. The molecule has 0 aromatic heterocycles. The Hall–Kier alpha value is -0.573. The van der Waals surface area contributed by atoms with E-state index in [0.717, 1.165) is 31.4 Å². The SMILES string of the molecule is CC(C)(C)OC(=O)N1CCC2(CC1)CC(O[Si](C)(C)C(C)(C)C)C/C2=N\[S@+]([O-])C(C)(C)C. The Morgan fingerprint density at radius 2 is 1.62 bits per heavy atom. The van der Waals surface area contributed by atoms with Crippen molar-refractivity contribution < 1.29 is 18.5 Å². The number of ether oxygens (including phenoxy) is 1. The lowest BCUT2D eigenvalue weighted by Gasteiger charge is -2.41. The van der Waals surface area contributed by atoms with Crippen molar-refractivity contribution in [2.75, 3.05) is 13.1 Å². The summed E-state index contributed by atoms with van der Waals surface area (Å²) in [5.41, 5.74) is 0.378. The Kier molecular flexibility index (Phi) is 7.98. The van der Waals surface area contributed by atoms with Crippen molar-refractivity contribution in [2.45, 2.75) is 123 Å².